The number of rotatable bonds is 6. The Labute approximate surface area is 185 Å². The summed E-state index contributed by atoms with van der Waals surface area (Å²) in [5, 5.41) is 5.99. The number of hydrazone groups is 1. The van der Waals surface area contributed by atoms with Gasteiger partial charge >= 0.3 is 0 Å². The molecule has 0 spiro atoms. The van der Waals surface area contributed by atoms with E-state index in [9.17, 15) is 21.6 Å². The van der Waals surface area contributed by atoms with Crippen LogP contribution in [0.2, 0.25) is 0 Å². The average Bonchev–Trinajstić information content (AvgIpc) is 2.69. The predicted octanol–water partition coefficient (Wildman–Crippen LogP) is 5.07. The van der Waals surface area contributed by atoms with E-state index in [0.717, 1.165) is 11.8 Å². The molecule has 0 fully saturated rings. The van der Waals surface area contributed by atoms with Gasteiger partial charge in [-0.25, -0.2) is 18.0 Å². The fourth-order valence-electron chi connectivity index (χ4n) is 2.43. The van der Waals surface area contributed by atoms with E-state index in [1.165, 1.54) is 36.4 Å². The Morgan fingerprint density at radius 3 is 2.27 bits per heavy atom. The number of nitrogens with zero attached hydrogens (tertiary/aromatic N) is 1. The van der Waals surface area contributed by atoms with E-state index in [0.29, 0.717) is 3.57 Å². The summed E-state index contributed by atoms with van der Waals surface area (Å²) in [6, 6.07) is 12.7. The number of anilines is 2. The minimum absolute atomic E-state index is 0.0130. The molecular formula is C20H15F3IN3O2S. The maximum Gasteiger partial charge on any atom is 0.276 e. The molecule has 0 bridgehead atoms. The van der Waals surface area contributed by atoms with Crippen molar-refractivity contribution in [2.24, 2.45) is 5.10 Å². The summed E-state index contributed by atoms with van der Waals surface area (Å²) in [7, 11) is -3.95. The van der Waals surface area contributed by atoms with Gasteiger partial charge in [0.15, 0.2) is 11.6 Å². The molecule has 3 aromatic rings. The highest BCUT2D eigenvalue weighted by Gasteiger charge is 2.15. The van der Waals surface area contributed by atoms with Gasteiger partial charge in [0.2, 0.25) is 0 Å². The Morgan fingerprint density at radius 1 is 0.933 bits per heavy atom. The van der Waals surface area contributed by atoms with Gasteiger partial charge in [0.1, 0.15) is 5.82 Å². The maximum atomic E-state index is 14.4. The lowest BCUT2D eigenvalue weighted by Crippen LogP contribution is -2.18. The Bertz CT molecular complexity index is 1220. The van der Waals surface area contributed by atoms with E-state index in [1.807, 2.05) is 34.3 Å². The Morgan fingerprint density at radius 2 is 1.60 bits per heavy atom. The SMILES string of the molecule is Cc1ccc(S(=O)(=O)N/N=C/c2ccc(Nc3ccc(I)cc3F)c(F)c2F)cc1. The van der Waals surface area contributed by atoms with Crippen molar-refractivity contribution >= 4 is 50.2 Å². The maximum absolute atomic E-state index is 14.4. The molecule has 30 heavy (non-hydrogen) atoms. The summed E-state index contributed by atoms with van der Waals surface area (Å²) < 4.78 is 67.6. The first kappa shape index (κ1) is 22.1. The van der Waals surface area contributed by atoms with Crippen LogP contribution < -0.4 is 10.1 Å². The molecule has 156 valence electrons. The van der Waals surface area contributed by atoms with E-state index < -0.39 is 27.5 Å². The highest BCUT2D eigenvalue weighted by atomic mass is 127. The molecule has 5 nitrogen and oxygen atoms in total. The highest BCUT2D eigenvalue weighted by Crippen LogP contribution is 2.26. The van der Waals surface area contributed by atoms with Gasteiger partial charge in [-0.3, -0.25) is 0 Å². The number of sulfonamides is 1. The van der Waals surface area contributed by atoms with Crippen LogP contribution in [-0.2, 0) is 10.0 Å². The standard InChI is InChI=1S/C20H15F3IN3O2S/c1-12-2-6-15(7-3-12)30(28,29)27-25-11-13-4-8-18(20(23)19(13)22)26-17-9-5-14(24)10-16(17)21/h2-11,26-27H,1H3/b25-11+. The largest absolute Gasteiger partial charge is 0.351 e. The summed E-state index contributed by atoms with van der Waals surface area (Å²) >= 11 is 1.93. The topological polar surface area (TPSA) is 70.6 Å². The van der Waals surface area contributed by atoms with Gasteiger partial charge < -0.3 is 5.32 Å². The number of nitrogens with one attached hydrogen (secondary N) is 2. The molecule has 0 saturated carbocycles. The van der Waals surface area contributed by atoms with Gasteiger partial charge in [0, 0.05) is 9.13 Å². The van der Waals surface area contributed by atoms with Crippen molar-refractivity contribution in [3.05, 3.63) is 86.7 Å². The second-order valence-electron chi connectivity index (χ2n) is 6.25. The van der Waals surface area contributed by atoms with Crippen LogP contribution in [0.4, 0.5) is 24.5 Å². The van der Waals surface area contributed by atoms with Gasteiger partial charge in [0.25, 0.3) is 10.0 Å². The molecule has 0 unspecified atom stereocenters. The fraction of sp³-hybridized carbons (Fsp3) is 0.0500. The summed E-state index contributed by atoms with van der Waals surface area (Å²) in [4.78, 5) is 1.93. The summed E-state index contributed by atoms with van der Waals surface area (Å²) in [6.07, 6.45) is 0.847. The normalized spacial score (nSPS) is 11.6. The zero-order valence-corrected chi connectivity index (χ0v) is 18.4. The third-order valence-electron chi connectivity index (χ3n) is 4.02. The van der Waals surface area contributed by atoms with Crippen molar-refractivity contribution in [3.63, 3.8) is 0 Å². The van der Waals surface area contributed by atoms with Crippen molar-refractivity contribution < 1.29 is 21.6 Å². The smallest absolute Gasteiger partial charge is 0.276 e. The van der Waals surface area contributed by atoms with Crippen LogP contribution in [0.25, 0.3) is 0 Å². The summed E-state index contributed by atoms with van der Waals surface area (Å²) in [5.41, 5.74) is 0.313. The lowest BCUT2D eigenvalue weighted by Gasteiger charge is -2.10. The van der Waals surface area contributed by atoms with E-state index in [1.54, 1.807) is 18.2 Å². The quantitative estimate of drug-likeness (QED) is 0.258. The summed E-state index contributed by atoms with van der Waals surface area (Å²) in [5.74, 6) is -3.12. The zero-order chi connectivity index (χ0) is 21.9. The minimum Gasteiger partial charge on any atom is -0.351 e. The average molecular weight is 545 g/mol. The van der Waals surface area contributed by atoms with Crippen LogP contribution >= 0.6 is 22.6 Å². The van der Waals surface area contributed by atoms with Gasteiger partial charge in [-0.2, -0.15) is 13.5 Å². The zero-order valence-electron chi connectivity index (χ0n) is 15.5. The lowest BCUT2D eigenvalue weighted by atomic mass is 10.2. The number of halogens is 4. The fourth-order valence-corrected chi connectivity index (χ4v) is 3.68. The predicted molar refractivity (Wildman–Crippen MR) is 118 cm³/mol. The molecule has 0 aromatic heterocycles. The molecule has 2 N–H and O–H groups in total. The number of hydrogen-bond donors (Lipinski definition) is 2. The first-order valence-corrected chi connectivity index (χ1v) is 11.0. The van der Waals surface area contributed by atoms with E-state index in [4.69, 9.17) is 0 Å². The van der Waals surface area contributed by atoms with E-state index in [-0.39, 0.29) is 21.8 Å². The Hall–Kier alpha value is -2.60. The molecule has 0 atom stereocenters. The molecule has 0 saturated heterocycles. The molecule has 0 heterocycles. The molecule has 10 heteroatoms. The number of aryl methyl sites for hydroxylation is 1. The highest BCUT2D eigenvalue weighted by molar-refractivity contribution is 14.1. The molecule has 0 aliphatic carbocycles. The van der Waals surface area contributed by atoms with Crippen LogP contribution in [0.15, 0.2) is 64.6 Å². The Balaban J connectivity index is 1.77. The molecule has 0 aliphatic heterocycles. The summed E-state index contributed by atoms with van der Waals surface area (Å²) in [6.45, 7) is 1.81. The second-order valence-corrected chi connectivity index (χ2v) is 9.15. The van der Waals surface area contributed by atoms with Crippen LogP contribution in [0.3, 0.4) is 0 Å². The van der Waals surface area contributed by atoms with Crippen molar-refractivity contribution in [2.75, 3.05) is 5.32 Å². The van der Waals surface area contributed by atoms with Crippen LogP contribution in [-0.4, -0.2) is 14.6 Å². The number of benzene rings is 3. The molecular weight excluding hydrogens is 530 g/mol. The molecule has 0 aliphatic rings. The minimum atomic E-state index is -3.95. The van der Waals surface area contributed by atoms with Crippen molar-refractivity contribution in [3.8, 4) is 0 Å². The molecule has 0 amide bonds. The van der Waals surface area contributed by atoms with Gasteiger partial charge in [0.05, 0.1) is 22.5 Å². The number of hydrogen-bond acceptors (Lipinski definition) is 4. The van der Waals surface area contributed by atoms with Gasteiger partial charge in [-0.15, -0.1) is 0 Å². The monoisotopic (exact) mass is 545 g/mol. The van der Waals surface area contributed by atoms with Crippen LogP contribution in [0.1, 0.15) is 11.1 Å². The molecule has 3 aromatic carbocycles. The van der Waals surface area contributed by atoms with E-state index in [2.05, 4.69) is 10.4 Å². The van der Waals surface area contributed by atoms with Gasteiger partial charge in [-0.05, 0) is 72.0 Å². The van der Waals surface area contributed by atoms with Crippen molar-refractivity contribution in [1.29, 1.82) is 0 Å². The molecule has 0 radical (unpaired) electrons. The Kier molecular flexibility index (Phi) is 6.66. The first-order chi connectivity index (χ1) is 14.2. The second kappa shape index (κ2) is 9.04. The molecule has 3 rings (SSSR count). The van der Waals surface area contributed by atoms with Gasteiger partial charge in [-0.1, -0.05) is 17.7 Å². The third-order valence-corrected chi connectivity index (χ3v) is 5.93. The van der Waals surface area contributed by atoms with E-state index >= 15 is 0 Å². The first-order valence-electron chi connectivity index (χ1n) is 8.49. The van der Waals surface area contributed by atoms with Crippen LogP contribution in [0.5, 0.6) is 0 Å². The van der Waals surface area contributed by atoms with Crippen molar-refractivity contribution in [2.45, 2.75) is 11.8 Å². The van der Waals surface area contributed by atoms with Crippen molar-refractivity contribution in [1.82, 2.24) is 4.83 Å². The third kappa shape index (κ3) is 5.11. The lowest BCUT2D eigenvalue weighted by molar-refractivity contribution is 0.510. The van der Waals surface area contributed by atoms with Crippen LogP contribution in [0, 0.1) is 27.9 Å².